The summed E-state index contributed by atoms with van der Waals surface area (Å²) in [7, 11) is 2.06. The van der Waals surface area contributed by atoms with E-state index in [1.807, 2.05) is 6.07 Å². The molecule has 0 fully saturated rings. The van der Waals surface area contributed by atoms with Crippen molar-refractivity contribution in [3.63, 3.8) is 0 Å². The second-order valence-electron chi connectivity index (χ2n) is 4.29. The maximum atomic E-state index is 6.11. The van der Waals surface area contributed by atoms with Crippen molar-refractivity contribution in [2.24, 2.45) is 7.05 Å². The van der Waals surface area contributed by atoms with E-state index >= 15 is 0 Å². The van der Waals surface area contributed by atoms with Gasteiger partial charge in [-0.25, -0.2) is 0 Å². The summed E-state index contributed by atoms with van der Waals surface area (Å²) in [6.07, 6.45) is 0. The smallest absolute Gasteiger partial charge is 0.0623 e. The summed E-state index contributed by atoms with van der Waals surface area (Å²) in [5.41, 5.74) is 2.55. The molecule has 1 aromatic heterocycles. The van der Waals surface area contributed by atoms with Crippen LogP contribution in [0.15, 0.2) is 6.07 Å². The van der Waals surface area contributed by atoms with E-state index in [4.69, 9.17) is 11.6 Å². The van der Waals surface area contributed by atoms with E-state index in [1.165, 1.54) is 11.4 Å². The molecular weight excluding hydrogens is 170 g/mol. The molecule has 0 N–H and O–H groups in total. The molecule has 0 spiro atoms. The Bertz CT molecular complexity index is 292. The van der Waals surface area contributed by atoms with Crippen molar-refractivity contribution in [3.05, 3.63) is 22.5 Å². The van der Waals surface area contributed by atoms with Gasteiger partial charge < -0.3 is 4.57 Å². The minimum Gasteiger partial charge on any atom is -0.350 e. The molecule has 0 aromatic carbocycles. The molecule has 0 unspecified atom stereocenters. The van der Waals surface area contributed by atoms with Gasteiger partial charge in [-0.05, 0) is 13.0 Å². The zero-order valence-electron chi connectivity index (χ0n) is 8.40. The van der Waals surface area contributed by atoms with Gasteiger partial charge in [0.15, 0.2) is 0 Å². The van der Waals surface area contributed by atoms with E-state index in [-0.39, 0.29) is 5.41 Å². The maximum absolute atomic E-state index is 6.11. The third-order valence-corrected chi connectivity index (χ3v) is 2.42. The lowest BCUT2D eigenvalue weighted by atomic mass is 9.92. The Morgan fingerprint density at radius 3 is 2.00 bits per heavy atom. The molecule has 0 aliphatic rings. The highest BCUT2D eigenvalue weighted by molar-refractivity contribution is 6.31. The monoisotopic (exact) mass is 185 g/mol. The van der Waals surface area contributed by atoms with Crippen molar-refractivity contribution in [2.75, 3.05) is 0 Å². The van der Waals surface area contributed by atoms with Crippen molar-refractivity contribution in [1.82, 2.24) is 4.57 Å². The SMILES string of the molecule is Cc1cc(Cl)c(C(C)(C)C)n1C. The molecular formula is C10H16ClN. The molecule has 0 aliphatic carbocycles. The highest BCUT2D eigenvalue weighted by Crippen LogP contribution is 2.31. The average Bonchev–Trinajstić information content (AvgIpc) is 2.05. The lowest BCUT2D eigenvalue weighted by molar-refractivity contribution is 0.540. The van der Waals surface area contributed by atoms with Gasteiger partial charge in [-0.3, -0.25) is 0 Å². The molecule has 0 amide bonds. The van der Waals surface area contributed by atoms with Crippen LogP contribution in [0.5, 0.6) is 0 Å². The van der Waals surface area contributed by atoms with Gasteiger partial charge in [0.2, 0.25) is 0 Å². The second-order valence-corrected chi connectivity index (χ2v) is 4.70. The summed E-state index contributed by atoms with van der Waals surface area (Å²) < 4.78 is 2.16. The molecule has 1 aromatic rings. The Morgan fingerprint density at radius 1 is 1.33 bits per heavy atom. The average molecular weight is 186 g/mol. The van der Waals surface area contributed by atoms with E-state index in [9.17, 15) is 0 Å². The van der Waals surface area contributed by atoms with Crippen LogP contribution >= 0.6 is 11.6 Å². The van der Waals surface area contributed by atoms with E-state index in [2.05, 4.69) is 39.3 Å². The molecule has 1 nitrogen and oxygen atoms in total. The van der Waals surface area contributed by atoms with Crippen LogP contribution < -0.4 is 0 Å². The van der Waals surface area contributed by atoms with E-state index in [0.29, 0.717) is 0 Å². The Hall–Kier alpha value is -0.430. The molecule has 1 heterocycles. The number of nitrogens with zero attached hydrogens (tertiary/aromatic N) is 1. The van der Waals surface area contributed by atoms with Crippen LogP contribution in [0.2, 0.25) is 5.02 Å². The van der Waals surface area contributed by atoms with Gasteiger partial charge in [0.05, 0.1) is 5.02 Å². The second kappa shape index (κ2) is 2.81. The minimum absolute atomic E-state index is 0.125. The third-order valence-electron chi connectivity index (χ3n) is 2.14. The van der Waals surface area contributed by atoms with Crippen LogP contribution in [0, 0.1) is 6.92 Å². The number of aryl methyl sites for hydroxylation is 1. The Balaban J connectivity index is 3.32. The molecule has 68 valence electrons. The van der Waals surface area contributed by atoms with E-state index < -0.39 is 0 Å². The molecule has 0 atom stereocenters. The van der Waals surface area contributed by atoms with Crippen molar-refractivity contribution in [2.45, 2.75) is 33.1 Å². The van der Waals surface area contributed by atoms with Crippen molar-refractivity contribution >= 4 is 11.6 Å². The zero-order valence-corrected chi connectivity index (χ0v) is 9.16. The number of hydrogen-bond acceptors (Lipinski definition) is 0. The minimum atomic E-state index is 0.125. The standard InChI is InChI=1S/C10H16ClN/c1-7-6-8(11)9(12(7)5)10(2,3)4/h6H,1-5H3. The Labute approximate surface area is 79.3 Å². The third kappa shape index (κ3) is 1.51. The van der Waals surface area contributed by atoms with Gasteiger partial charge in [-0.2, -0.15) is 0 Å². The summed E-state index contributed by atoms with van der Waals surface area (Å²) in [5, 5.41) is 0.877. The fourth-order valence-electron chi connectivity index (χ4n) is 1.55. The van der Waals surface area contributed by atoms with Gasteiger partial charge in [0.25, 0.3) is 0 Å². The molecule has 0 bridgehead atoms. The molecule has 2 heteroatoms. The number of aromatic nitrogens is 1. The van der Waals surface area contributed by atoms with Crippen LogP contribution in [0.25, 0.3) is 0 Å². The molecule has 0 saturated heterocycles. The topological polar surface area (TPSA) is 4.93 Å². The molecule has 0 aliphatic heterocycles. The highest BCUT2D eigenvalue weighted by atomic mass is 35.5. The summed E-state index contributed by atoms with van der Waals surface area (Å²) in [6, 6.07) is 2.02. The van der Waals surface area contributed by atoms with Gasteiger partial charge in [-0.1, -0.05) is 32.4 Å². The first-order chi connectivity index (χ1) is 5.34. The zero-order chi connectivity index (χ0) is 9.52. The van der Waals surface area contributed by atoms with E-state index in [0.717, 1.165) is 5.02 Å². The summed E-state index contributed by atoms with van der Waals surface area (Å²) in [6.45, 7) is 8.59. The predicted octanol–water partition coefficient (Wildman–Crippen LogP) is 3.28. The lowest BCUT2D eigenvalue weighted by Crippen LogP contribution is -2.16. The summed E-state index contributed by atoms with van der Waals surface area (Å²) >= 11 is 6.11. The van der Waals surface area contributed by atoms with Crippen molar-refractivity contribution in [1.29, 1.82) is 0 Å². The van der Waals surface area contributed by atoms with Crippen LogP contribution in [-0.2, 0) is 12.5 Å². The Morgan fingerprint density at radius 2 is 1.83 bits per heavy atom. The van der Waals surface area contributed by atoms with Crippen LogP contribution in [-0.4, -0.2) is 4.57 Å². The van der Waals surface area contributed by atoms with Crippen LogP contribution in [0.4, 0.5) is 0 Å². The van der Waals surface area contributed by atoms with Crippen LogP contribution in [0.3, 0.4) is 0 Å². The number of rotatable bonds is 0. The Kier molecular flexibility index (Phi) is 2.26. The van der Waals surface area contributed by atoms with Gasteiger partial charge in [0.1, 0.15) is 0 Å². The summed E-state index contributed by atoms with van der Waals surface area (Å²) in [4.78, 5) is 0. The normalized spacial score (nSPS) is 12.2. The molecule has 0 radical (unpaired) electrons. The van der Waals surface area contributed by atoms with Gasteiger partial charge in [0, 0.05) is 23.9 Å². The fraction of sp³-hybridized carbons (Fsp3) is 0.600. The highest BCUT2D eigenvalue weighted by Gasteiger charge is 2.21. The van der Waals surface area contributed by atoms with Crippen molar-refractivity contribution < 1.29 is 0 Å². The lowest BCUT2D eigenvalue weighted by Gasteiger charge is -2.21. The molecule has 0 saturated carbocycles. The first-order valence-corrected chi connectivity index (χ1v) is 4.54. The number of hydrogen-bond donors (Lipinski definition) is 0. The number of halogens is 1. The van der Waals surface area contributed by atoms with Crippen LogP contribution in [0.1, 0.15) is 32.2 Å². The first kappa shape index (κ1) is 9.66. The quantitative estimate of drug-likeness (QED) is 0.585. The fourth-order valence-corrected chi connectivity index (χ4v) is 2.11. The predicted molar refractivity (Wildman–Crippen MR) is 53.9 cm³/mol. The van der Waals surface area contributed by atoms with Gasteiger partial charge in [-0.15, -0.1) is 0 Å². The van der Waals surface area contributed by atoms with E-state index in [1.54, 1.807) is 0 Å². The molecule has 1 rings (SSSR count). The van der Waals surface area contributed by atoms with Gasteiger partial charge >= 0.3 is 0 Å². The first-order valence-electron chi connectivity index (χ1n) is 4.16. The van der Waals surface area contributed by atoms with Crippen molar-refractivity contribution in [3.8, 4) is 0 Å². The summed E-state index contributed by atoms with van der Waals surface area (Å²) in [5.74, 6) is 0. The molecule has 12 heavy (non-hydrogen) atoms. The largest absolute Gasteiger partial charge is 0.350 e. The maximum Gasteiger partial charge on any atom is 0.0623 e.